The van der Waals surface area contributed by atoms with Gasteiger partial charge in [-0.3, -0.25) is 0 Å². The van der Waals surface area contributed by atoms with Gasteiger partial charge in [-0.15, -0.1) is 15.3 Å². The Bertz CT molecular complexity index is 1080. The molecule has 0 amide bonds. The van der Waals surface area contributed by atoms with Gasteiger partial charge in [0, 0.05) is 18.5 Å². The molecule has 2 aromatic heterocycles. The first-order valence-electron chi connectivity index (χ1n) is 9.62. The summed E-state index contributed by atoms with van der Waals surface area (Å²) >= 11 is 0. The Labute approximate surface area is 171 Å². The number of fused-ring (bicyclic) bond motifs is 1. The van der Waals surface area contributed by atoms with Gasteiger partial charge < -0.3 is 5.32 Å². The molecule has 0 radical (unpaired) electrons. The van der Waals surface area contributed by atoms with Crippen molar-refractivity contribution in [3.63, 3.8) is 0 Å². The normalized spacial score (nSPS) is 12.6. The summed E-state index contributed by atoms with van der Waals surface area (Å²) in [6.45, 7) is 11.1. The molecular weight excluding hydrogens is 388 g/mol. The molecule has 0 aliphatic rings. The molecule has 156 valence electrons. The number of benzene rings is 1. The molecule has 1 aromatic carbocycles. The minimum atomic E-state index is -3.48. The third-order valence-electron chi connectivity index (χ3n) is 4.32. The van der Waals surface area contributed by atoms with E-state index in [0.29, 0.717) is 24.6 Å². The fourth-order valence-corrected chi connectivity index (χ4v) is 3.90. The van der Waals surface area contributed by atoms with E-state index in [2.05, 4.69) is 46.1 Å². The highest BCUT2D eigenvalue weighted by Gasteiger charge is 2.21. The van der Waals surface area contributed by atoms with Crippen LogP contribution < -0.4 is 10.0 Å². The minimum absolute atomic E-state index is 0.171. The Morgan fingerprint density at radius 2 is 1.72 bits per heavy atom. The number of hydrogen-bond donors (Lipinski definition) is 2. The Morgan fingerprint density at radius 1 is 1.03 bits per heavy atom. The maximum absolute atomic E-state index is 12.3. The highest BCUT2D eigenvalue weighted by Crippen LogP contribution is 2.21. The molecule has 0 saturated carbocycles. The van der Waals surface area contributed by atoms with Gasteiger partial charge in [-0.05, 0) is 35.7 Å². The van der Waals surface area contributed by atoms with Crippen LogP contribution in [0.1, 0.15) is 46.0 Å². The van der Waals surface area contributed by atoms with Crippen LogP contribution in [0.2, 0.25) is 0 Å². The van der Waals surface area contributed by atoms with Gasteiger partial charge in [-0.1, -0.05) is 46.8 Å². The molecule has 3 rings (SSSR count). The maximum atomic E-state index is 12.3. The average Bonchev–Trinajstić information content (AvgIpc) is 3.09. The SMILES string of the molecule is CC(C)CNS(=O)(=O)c1ccc(CNc2ccc3nnc(C(C)(C)C)n3n2)cc1. The van der Waals surface area contributed by atoms with Crippen LogP contribution in [0, 0.1) is 5.92 Å². The number of anilines is 1. The molecule has 9 heteroatoms. The predicted molar refractivity (Wildman–Crippen MR) is 113 cm³/mol. The van der Waals surface area contributed by atoms with E-state index >= 15 is 0 Å². The first kappa shape index (κ1) is 21.2. The smallest absolute Gasteiger partial charge is 0.240 e. The second-order valence-electron chi connectivity index (χ2n) is 8.51. The zero-order valence-corrected chi connectivity index (χ0v) is 18.3. The van der Waals surface area contributed by atoms with Gasteiger partial charge in [-0.2, -0.15) is 4.52 Å². The van der Waals surface area contributed by atoms with Crippen LogP contribution in [-0.2, 0) is 22.0 Å². The average molecular weight is 417 g/mol. The maximum Gasteiger partial charge on any atom is 0.240 e. The summed E-state index contributed by atoms with van der Waals surface area (Å²) in [6.07, 6.45) is 0. The van der Waals surface area contributed by atoms with Crippen molar-refractivity contribution in [3.8, 4) is 0 Å². The van der Waals surface area contributed by atoms with Gasteiger partial charge >= 0.3 is 0 Å². The largest absolute Gasteiger partial charge is 0.365 e. The molecule has 0 spiro atoms. The standard InChI is InChI=1S/C20H28N6O2S/c1-14(2)12-22-29(27,28)16-8-6-15(7-9-16)13-21-17-10-11-18-23-24-19(20(3,4)5)26(18)25-17/h6-11,14,22H,12-13H2,1-5H3,(H,21,25). The summed E-state index contributed by atoms with van der Waals surface area (Å²) in [5.74, 6) is 1.74. The molecule has 2 N–H and O–H groups in total. The fraction of sp³-hybridized carbons (Fsp3) is 0.450. The number of nitrogens with one attached hydrogen (secondary N) is 2. The predicted octanol–water partition coefficient (Wildman–Crippen LogP) is 2.97. The van der Waals surface area contributed by atoms with E-state index in [-0.39, 0.29) is 16.2 Å². The van der Waals surface area contributed by atoms with Crippen LogP contribution in [0.3, 0.4) is 0 Å². The van der Waals surface area contributed by atoms with Crippen molar-refractivity contribution >= 4 is 21.5 Å². The van der Waals surface area contributed by atoms with Crippen molar-refractivity contribution in [3.05, 3.63) is 47.8 Å². The van der Waals surface area contributed by atoms with E-state index in [0.717, 1.165) is 11.4 Å². The summed E-state index contributed by atoms with van der Waals surface area (Å²) in [5.41, 5.74) is 1.48. The van der Waals surface area contributed by atoms with Crippen molar-refractivity contribution in [2.45, 2.75) is 51.5 Å². The molecular formula is C20H28N6O2S. The van der Waals surface area contributed by atoms with Crippen LogP contribution in [0.4, 0.5) is 5.82 Å². The van der Waals surface area contributed by atoms with E-state index in [1.807, 2.05) is 26.0 Å². The summed E-state index contributed by atoms with van der Waals surface area (Å²) in [6, 6.07) is 10.6. The van der Waals surface area contributed by atoms with Crippen LogP contribution in [-0.4, -0.2) is 34.8 Å². The Balaban J connectivity index is 1.70. The zero-order valence-electron chi connectivity index (χ0n) is 17.5. The van der Waals surface area contributed by atoms with Gasteiger partial charge in [0.2, 0.25) is 10.0 Å². The summed E-state index contributed by atoms with van der Waals surface area (Å²) < 4.78 is 28.9. The zero-order chi connectivity index (χ0) is 21.2. The number of sulfonamides is 1. The second kappa shape index (κ2) is 8.08. The van der Waals surface area contributed by atoms with E-state index in [1.165, 1.54) is 0 Å². The Morgan fingerprint density at radius 3 is 2.34 bits per heavy atom. The van der Waals surface area contributed by atoms with Gasteiger partial charge in [-0.25, -0.2) is 13.1 Å². The van der Waals surface area contributed by atoms with Gasteiger partial charge in [0.1, 0.15) is 5.82 Å². The number of nitrogens with zero attached hydrogens (tertiary/aromatic N) is 4. The van der Waals surface area contributed by atoms with Gasteiger partial charge in [0.05, 0.1) is 4.90 Å². The lowest BCUT2D eigenvalue weighted by molar-refractivity contribution is 0.527. The van der Waals surface area contributed by atoms with Crippen LogP contribution >= 0.6 is 0 Å². The van der Waals surface area contributed by atoms with E-state index in [9.17, 15) is 8.42 Å². The number of aromatic nitrogens is 4. The molecule has 0 aliphatic heterocycles. The quantitative estimate of drug-likeness (QED) is 0.614. The second-order valence-corrected chi connectivity index (χ2v) is 10.3. The highest BCUT2D eigenvalue weighted by molar-refractivity contribution is 7.89. The van der Waals surface area contributed by atoms with Crippen LogP contribution in [0.25, 0.3) is 5.65 Å². The van der Waals surface area contributed by atoms with Gasteiger partial charge in [0.25, 0.3) is 0 Å². The molecule has 29 heavy (non-hydrogen) atoms. The molecule has 0 fully saturated rings. The molecule has 0 aliphatic carbocycles. The lowest BCUT2D eigenvalue weighted by Gasteiger charge is -2.15. The van der Waals surface area contributed by atoms with Crippen LogP contribution in [0.15, 0.2) is 41.3 Å². The monoisotopic (exact) mass is 416 g/mol. The lowest BCUT2D eigenvalue weighted by atomic mass is 9.96. The van der Waals surface area contributed by atoms with Crippen molar-refractivity contribution in [2.75, 3.05) is 11.9 Å². The third-order valence-corrected chi connectivity index (χ3v) is 5.76. The summed E-state index contributed by atoms with van der Waals surface area (Å²) in [4.78, 5) is 0.265. The Kier molecular flexibility index (Phi) is 5.90. The molecule has 0 bridgehead atoms. The van der Waals surface area contributed by atoms with E-state index < -0.39 is 10.0 Å². The molecule has 0 saturated heterocycles. The topological polar surface area (TPSA) is 101 Å². The van der Waals surface area contributed by atoms with Gasteiger partial charge in [0.15, 0.2) is 11.5 Å². The molecule has 8 nitrogen and oxygen atoms in total. The van der Waals surface area contributed by atoms with Crippen molar-refractivity contribution in [1.82, 2.24) is 24.5 Å². The third kappa shape index (κ3) is 5.10. The molecule has 0 unspecified atom stereocenters. The first-order chi connectivity index (χ1) is 13.6. The highest BCUT2D eigenvalue weighted by atomic mass is 32.2. The van der Waals surface area contributed by atoms with Crippen LogP contribution in [0.5, 0.6) is 0 Å². The van der Waals surface area contributed by atoms with E-state index in [4.69, 9.17) is 0 Å². The van der Waals surface area contributed by atoms with Crippen molar-refractivity contribution in [1.29, 1.82) is 0 Å². The van der Waals surface area contributed by atoms with Crippen molar-refractivity contribution in [2.24, 2.45) is 5.92 Å². The number of hydrogen-bond acceptors (Lipinski definition) is 6. The molecule has 0 atom stereocenters. The van der Waals surface area contributed by atoms with E-state index in [1.54, 1.807) is 28.8 Å². The number of rotatable bonds is 7. The molecule has 3 aromatic rings. The summed E-state index contributed by atoms with van der Waals surface area (Å²) in [7, 11) is -3.48. The first-order valence-corrected chi connectivity index (χ1v) is 11.1. The lowest BCUT2D eigenvalue weighted by Crippen LogP contribution is -2.27. The van der Waals surface area contributed by atoms with Crippen molar-refractivity contribution < 1.29 is 8.42 Å². The Hall–Kier alpha value is -2.52. The molecule has 2 heterocycles. The minimum Gasteiger partial charge on any atom is -0.365 e. The summed E-state index contributed by atoms with van der Waals surface area (Å²) in [5, 5.41) is 16.3. The fourth-order valence-electron chi connectivity index (χ4n) is 2.69.